The summed E-state index contributed by atoms with van der Waals surface area (Å²) in [5.74, 6) is 1.79. The molecule has 106 valence electrons. The minimum Gasteiger partial charge on any atom is -0.490 e. The molecule has 1 atom stereocenters. The van der Waals surface area contributed by atoms with Crippen molar-refractivity contribution in [2.75, 3.05) is 13.2 Å². The summed E-state index contributed by atoms with van der Waals surface area (Å²) in [5.41, 5.74) is 0.573. The van der Waals surface area contributed by atoms with Gasteiger partial charge in [0.15, 0.2) is 11.5 Å². The average molecular weight is 329 g/mol. The van der Waals surface area contributed by atoms with Crippen LogP contribution in [0.1, 0.15) is 44.0 Å². The fourth-order valence-corrected chi connectivity index (χ4v) is 2.43. The van der Waals surface area contributed by atoms with E-state index >= 15 is 0 Å². The molecule has 19 heavy (non-hydrogen) atoms. The van der Waals surface area contributed by atoms with Crippen molar-refractivity contribution < 1.29 is 14.3 Å². The van der Waals surface area contributed by atoms with Gasteiger partial charge in [-0.05, 0) is 47.3 Å². The van der Waals surface area contributed by atoms with Gasteiger partial charge in [0, 0.05) is 5.56 Å². The Labute approximate surface area is 123 Å². The van der Waals surface area contributed by atoms with E-state index in [0.717, 1.165) is 23.6 Å². The minimum absolute atomic E-state index is 0.497. The van der Waals surface area contributed by atoms with Crippen LogP contribution in [0.5, 0.6) is 11.5 Å². The molecule has 0 heterocycles. The zero-order valence-corrected chi connectivity index (χ0v) is 13.3. The maximum Gasteiger partial charge on any atom is 0.175 e. The monoisotopic (exact) mass is 328 g/mol. The topological polar surface area (TPSA) is 35.5 Å². The Hall–Kier alpha value is -1.03. The van der Waals surface area contributed by atoms with E-state index in [1.807, 2.05) is 6.92 Å². The zero-order valence-electron chi connectivity index (χ0n) is 11.7. The molecule has 1 unspecified atom stereocenters. The molecule has 0 spiro atoms. The molecule has 1 aromatic carbocycles. The summed E-state index contributed by atoms with van der Waals surface area (Å²) in [6.45, 7) is 7.42. The fourth-order valence-electron chi connectivity index (χ4n) is 1.86. The largest absolute Gasteiger partial charge is 0.490 e. The number of benzene rings is 1. The third-order valence-corrected chi connectivity index (χ3v) is 3.35. The highest BCUT2D eigenvalue weighted by Gasteiger charge is 2.13. The molecule has 1 aromatic rings. The molecular weight excluding hydrogens is 308 g/mol. The van der Waals surface area contributed by atoms with Gasteiger partial charge in [0.25, 0.3) is 0 Å². The van der Waals surface area contributed by atoms with Crippen molar-refractivity contribution in [3.63, 3.8) is 0 Å². The maximum absolute atomic E-state index is 10.9. The molecule has 0 fully saturated rings. The molecule has 0 aromatic heterocycles. The Morgan fingerprint density at radius 1 is 1.32 bits per heavy atom. The lowest BCUT2D eigenvalue weighted by molar-refractivity contribution is 0.112. The van der Waals surface area contributed by atoms with E-state index in [1.165, 1.54) is 0 Å². The summed E-state index contributed by atoms with van der Waals surface area (Å²) in [5, 5.41) is 0. The molecule has 1 rings (SSSR count). The third kappa shape index (κ3) is 4.86. The molecule has 0 aliphatic carbocycles. The summed E-state index contributed by atoms with van der Waals surface area (Å²) in [7, 11) is 0. The molecule has 0 saturated carbocycles. The first-order chi connectivity index (χ1) is 9.12. The number of aldehydes is 1. The lowest BCUT2D eigenvalue weighted by Crippen LogP contribution is -2.09. The van der Waals surface area contributed by atoms with Crippen LogP contribution in [0.4, 0.5) is 0 Å². The Morgan fingerprint density at radius 3 is 2.63 bits per heavy atom. The summed E-state index contributed by atoms with van der Waals surface area (Å²) in [6.07, 6.45) is 3.08. The van der Waals surface area contributed by atoms with Gasteiger partial charge < -0.3 is 9.47 Å². The zero-order chi connectivity index (χ0) is 14.3. The molecule has 0 radical (unpaired) electrons. The fraction of sp³-hybridized carbons (Fsp3) is 0.533. The normalized spacial score (nSPS) is 12.0. The first-order valence-electron chi connectivity index (χ1n) is 6.66. The van der Waals surface area contributed by atoms with Crippen LogP contribution < -0.4 is 9.47 Å². The number of carbonyl (C=O) groups is 1. The van der Waals surface area contributed by atoms with E-state index in [-0.39, 0.29) is 0 Å². The van der Waals surface area contributed by atoms with E-state index in [1.54, 1.807) is 12.1 Å². The van der Waals surface area contributed by atoms with E-state index < -0.39 is 0 Å². The molecular formula is C15H21BrO3. The smallest absolute Gasteiger partial charge is 0.175 e. The molecule has 0 aliphatic heterocycles. The number of carbonyl (C=O) groups excluding carboxylic acids is 1. The first kappa shape index (κ1) is 16.0. The van der Waals surface area contributed by atoms with Crippen molar-refractivity contribution >= 4 is 22.2 Å². The van der Waals surface area contributed by atoms with Crippen molar-refractivity contribution in [2.24, 2.45) is 5.92 Å². The van der Waals surface area contributed by atoms with Gasteiger partial charge in [0.05, 0.1) is 17.7 Å². The van der Waals surface area contributed by atoms with Crippen LogP contribution in [0.25, 0.3) is 0 Å². The van der Waals surface area contributed by atoms with Crippen molar-refractivity contribution in [3.8, 4) is 11.5 Å². The third-order valence-electron chi connectivity index (χ3n) is 2.76. The minimum atomic E-state index is 0.497. The molecule has 3 nitrogen and oxygen atoms in total. The van der Waals surface area contributed by atoms with Crippen molar-refractivity contribution in [2.45, 2.75) is 33.6 Å². The van der Waals surface area contributed by atoms with Crippen LogP contribution >= 0.6 is 15.9 Å². The SMILES string of the molecule is CCCC(C)COc1c(Br)cc(C=O)cc1OCC. The van der Waals surface area contributed by atoms with Crippen LogP contribution in [0, 0.1) is 5.92 Å². The molecule has 0 bridgehead atoms. The molecule has 0 saturated heterocycles. The Bertz CT molecular complexity index is 418. The van der Waals surface area contributed by atoms with E-state index in [0.29, 0.717) is 36.2 Å². The number of rotatable bonds is 8. The Morgan fingerprint density at radius 2 is 2.05 bits per heavy atom. The van der Waals surface area contributed by atoms with Crippen LogP contribution in [-0.2, 0) is 0 Å². The van der Waals surface area contributed by atoms with Gasteiger partial charge in [0.1, 0.15) is 6.29 Å². The van der Waals surface area contributed by atoms with Gasteiger partial charge in [-0.1, -0.05) is 20.3 Å². The molecule has 4 heteroatoms. The standard InChI is InChI=1S/C15H21BrO3/c1-4-6-11(3)10-19-15-13(16)7-12(9-17)8-14(15)18-5-2/h7-9,11H,4-6,10H2,1-3H3. The second-order valence-corrected chi connectivity index (χ2v) is 5.44. The predicted octanol–water partition coefficient (Wildman–Crippen LogP) is 4.48. The number of halogens is 1. The van der Waals surface area contributed by atoms with Gasteiger partial charge >= 0.3 is 0 Å². The maximum atomic E-state index is 10.9. The average Bonchev–Trinajstić information content (AvgIpc) is 2.38. The molecule has 0 N–H and O–H groups in total. The van der Waals surface area contributed by atoms with Crippen LogP contribution in [0.15, 0.2) is 16.6 Å². The van der Waals surface area contributed by atoms with Gasteiger partial charge in [-0.25, -0.2) is 0 Å². The molecule has 0 aliphatic rings. The Balaban J connectivity index is 2.88. The second-order valence-electron chi connectivity index (χ2n) is 4.59. The summed E-state index contributed by atoms with van der Waals surface area (Å²) >= 11 is 3.43. The summed E-state index contributed by atoms with van der Waals surface area (Å²) in [6, 6.07) is 3.45. The Kier molecular flexibility index (Phi) is 6.92. The van der Waals surface area contributed by atoms with Crippen LogP contribution in [0.2, 0.25) is 0 Å². The van der Waals surface area contributed by atoms with Crippen LogP contribution in [0.3, 0.4) is 0 Å². The highest BCUT2D eigenvalue weighted by Crippen LogP contribution is 2.37. The number of ether oxygens (including phenoxy) is 2. The predicted molar refractivity (Wildman–Crippen MR) is 80.3 cm³/mol. The van der Waals surface area contributed by atoms with Gasteiger partial charge in [0.2, 0.25) is 0 Å². The van der Waals surface area contributed by atoms with E-state index in [2.05, 4.69) is 29.8 Å². The summed E-state index contributed by atoms with van der Waals surface area (Å²) in [4.78, 5) is 10.9. The molecule has 0 amide bonds. The highest BCUT2D eigenvalue weighted by atomic mass is 79.9. The van der Waals surface area contributed by atoms with Crippen LogP contribution in [-0.4, -0.2) is 19.5 Å². The second kappa shape index (κ2) is 8.20. The first-order valence-corrected chi connectivity index (χ1v) is 7.45. The summed E-state index contributed by atoms with van der Waals surface area (Å²) < 4.78 is 12.1. The quantitative estimate of drug-likeness (QED) is 0.660. The van der Waals surface area contributed by atoms with Crippen molar-refractivity contribution in [1.29, 1.82) is 0 Å². The highest BCUT2D eigenvalue weighted by molar-refractivity contribution is 9.10. The number of hydrogen-bond acceptors (Lipinski definition) is 3. The lowest BCUT2D eigenvalue weighted by atomic mass is 10.1. The van der Waals surface area contributed by atoms with Crippen molar-refractivity contribution in [3.05, 3.63) is 22.2 Å². The van der Waals surface area contributed by atoms with Gasteiger partial charge in [-0.3, -0.25) is 4.79 Å². The van der Waals surface area contributed by atoms with E-state index in [9.17, 15) is 4.79 Å². The van der Waals surface area contributed by atoms with Gasteiger partial charge in [-0.2, -0.15) is 0 Å². The lowest BCUT2D eigenvalue weighted by Gasteiger charge is -2.17. The van der Waals surface area contributed by atoms with Crippen molar-refractivity contribution in [1.82, 2.24) is 0 Å². The van der Waals surface area contributed by atoms with Gasteiger partial charge in [-0.15, -0.1) is 0 Å². The van der Waals surface area contributed by atoms with E-state index in [4.69, 9.17) is 9.47 Å². The number of hydrogen-bond donors (Lipinski definition) is 0.